The van der Waals surface area contributed by atoms with E-state index in [1.165, 1.54) is 9.21 Å². The Morgan fingerprint density at radius 2 is 1.46 bits per heavy atom. The van der Waals surface area contributed by atoms with Gasteiger partial charge < -0.3 is 46.3 Å². The highest BCUT2D eigenvalue weighted by molar-refractivity contribution is 7.89. The zero-order valence-corrected chi connectivity index (χ0v) is 48.4. The first-order valence-electron chi connectivity index (χ1n) is 28.5. The number of benzene rings is 5. The number of alkyl carbamates (subject to hydrolysis) is 2. The molecule has 3 heterocycles. The number of carbonyl (C=O) groups excluding carboxylic acids is 6. The fraction of sp³-hybridized carbons (Fsp3) is 0.381. The summed E-state index contributed by atoms with van der Waals surface area (Å²) >= 11 is 0. The fourth-order valence-electron chi connectivity index (χ4n) is 11.1. The topological polar surface area (TPSA) is 251 Å². The fourth-order valence-corrected chi connectivity index (χ4v) is 12.8. The van der Waals surface area contributed by atoms with Crippen LogP contribution in [0.1, 0.15) is 94.9 Å². The molecule has 5 aromatic rings. The van der Waals surface area contributed by atoms with Crippen molar-refractivity contribution in [1.82, 2.24) is 30.1 Å². The van der Waals surface area contributed by atoms with Crippen molar-refractivity contribution < 1.29 is 46.7 Å². The van der Waals surface area contributed by atoms with Crippen LogP contribution in [0.25, 0.3) is 28.3 Å². The van der Waals surface area contributed by atoms with E-state index in [1.807, 2.05) is 97.6 Å². The van der Waals surface area contributed by atoms with E-state index in [0.29, 0.717) is 66.4 Å². The molecule has 5 aromatic carbocycles. The van der Waals surface area contributed by atoms with Crippen LogP contribution in [0, 0.1) is 11.8 Å². The molecule has 3 atom stereocenters. The summed E-state index contributed by atoms with van der Waals surface area (Å²) in [7, 11) is -3.85. The Labute approximate surface area is 485 Å². The highest BCUT2D eigenvalue weighted by Crippen LogP contribution is 2.44. The molecule has 6 N–H and O–H groups in total. The summed E-state index contributed by atoms with van der Waals surface area (Å²) in [5, 5.41) is 11.1. The molecule has 2 unspecified atom stereocenters. The number of hydrogen-bond acceptors (Lipinski definition) is 12. The lowest BCUT2D eigenvalue weighted by Gasteiger charge is -2.38. The number of carbonyl (C=O) groups is 6. The summed E-state index contributed by atoms with van der Waals surface area (Å²) in [4.78, 5) is 88.4. The zero-order valence-electron chi connectivity index (χ0n) is 47.6. The van der Waals surface area contributed by atoms with Crippen molar-refractivity contribution in [3.8, 4) is 22.3 Å². The Balaban J connectivity index is 0.698. The molecule has 19 nitrogen and oxygen atoms in total. The number of hydrogen-bond donors (Lipinski definition) is 5. The van der Waals surface area contributed by atoms with Gasteiger partial charge >= 0.3 is 12.2 Å². The van der Waals surface area contributed by atoms with E-state index < -0.39 is 58.1 Å². The third-order valence-corrected chi connectivity index (χ3v) is 17.4. The van der Waals surface area contributed by atoms with Gasteiger partial charge in [0.2, 0.25) is 33.7 Å². The smallest absolute Gasteiger partial charge is 0.407 e. The van der Waals surface area contributed by atoms with E-state index in [1.54, 1.807) is 63.2 Å². The number of amides is 6. The number of amidine groups is 1. The standard InChI is InChI=1S/C63H73N9O10S/c1-6-27-70(28-7-2)61(76)46-30-45-24-23-44(32-54(45)68-56(64)33-46)43-14-12-15-48(31-43)83(79,80)71-35-42(36-71)34-65-62(77)81-37-41-21-25-47(26-22-41)67-59(74)57(39(3)4)69-58(73)55-20-13-29-72(55)60(75)40(5)66-63(78)82-38-53-51-18-10-8-16-49(51)50-17-9-11-19-52(50)53/h8-12,14-19,21-26,30-32,39-40,42,53,55,57H,6-7,13,20,27-29,33-38H2,1-5H3,(H2,64,68)(H,65,77)(H,66,78)(H,67,74)(H,69,73)/t40?,55-,57?/m0/s1. The third kappa shape index (κ3) is 13.8. The summed E-state index contributed by atoms with van der Waals surface area (Å²) < 4.78 is 40.0. The Morgan fingerprint density at radius 3 is 2.13 bits per heavy atom. The average molecular weight is 1150 g/mol. The molecule has 2 fully saturated rings. The molecule has 6 amide bonds. The van der Waals surface area contributed by atoms with Crippen LogP contribution in [0.4, 0.5) is 21.0 Å². The number of sulfonamides is 1. The van der Waals surface area contributed by atoms with Gasteiger partial charge in [0.1, 0.15) is 37.2 Å². The van der Waals surface area contributed by atoms with Crippen molar-refractivity contribution in [2.45, 2.75) is 102 Å². The van der Waals surface area contributed by atoms with Crippen LogP contribution in [0.2, 0.25) is 0 Å². The molecule has 9 rings (SSSR count). The van der Waals surface area contributed by atoms with Crippen molar-refractivity contribution in [2.24, 2.45) is 22.6 Å². The van der Waals surface area contributed by atoms with Gasteiger partial charge in [-0.05, 0) is 114 Å². The number of likely N-dealkylation sites (tertiary alicyclic amines) is 1. The minimum Gasteiger partial charge on any atom is -0.449 e. The lowest BCUT2D eigenvalue weighted by atomic mass is 9.98. The molecule has 3 aliphatic heterocycles. The number of nitrogens with two attached hydrogens (primary N) is 1. The normalized spacial score (nSPS) is 16.6. The SMILES string of the molecule is CCCN(CCC)C(=O)C1=Cc2ccc(-c3cccc(S(=O)(=O)N4CC(CNC(=O)OCc5ccc(NC(=O)C(NC(=O)[C@@H]6CCCN6C(=O)C(C)NC(=O)OCC6c7ccccc7-c7ccccc76)C(C)C)cc5)C4)c3)cc2N=C(N)C1. The molecule has 83 heavy (non-hydrogen) atoms. The Hall–Kier alpha value is -8.36. The molecule has 436 valence electrons. The third-order valence-electron chi connectivity index (χ3n) is 15.5. The first-order chi connectivity index (χ1) is 39.9. The summed E-state index contributed by atoms with van der Waals surface area (Å²) in [5.41, 5.74) is 15.1. The van der Waals surface area contributed by atoms with Crippen LogP contribution < -0.4 is 27.0 Å². The van der Waals surface area contributed by atoms with E-state index in [4.69, 9.17) is 15.2 Å². The second kappa shape index (κ2) is 26.3. The lowest BCUT2D eigenvalue weighted by Crippen LogP contribution is -2.56. The summed E-state index contributed by atoms with van der Waals surface area (Å²) in [6.45, 7) is 11.5. The van der Waals surface area contributed by atoms with Gasteiger partial charge in [0.15, 0.2) is 0 Å². The van der Waals surface area contributed by atoms with Crippen molar-refractivity contribution >= 4 is 69.1 Å². The van der Waals surface area contributed by atoms with Crippen molar-refractivity contribution in [2.75, 3.05) is 51.2 Å². The summed E-state index contributed by atoms with van der Waals surface area (Å²) in [6.07, 6.45) is 3.31. The van der Waals surface area contributed by atoms with Crippen molar-refractivity contribution in [3.05, 3.63) is 143 Å². The lowest BCUT2D eigenvalue weighted by molar-refractivity contribution is -0.140. The Morgan fingerprint density at radius 1 is 0.783 bits per heavy atom. The van der Waals surface area contributed by atoms with Gasteiger partial charge in [-0.15, -0.1) is 0 Å². The monoisotopic (exact) mass is 1150 g/mol. The zero-order chi connectivity index (χ0) is 59.0. The number of ether oxygens (including phenoxy) is 2. The van der Waals surface area contributed by atoms with E-state index in [0.717, 1.165) is 46.2 Å². The number of aliphatic imine (C=N–C) groups is 1. The van der Waals surface area contributed by atoms with Gasteiger partial charge in [-0.1, -0.05) is 113 Å². The van der Waals surface area contributed by atoms with E-state index in [-0.39, 0.29) is 67.8 Å². The quantitative estimate of drug-likeness (QED) is 0.0467. The predicted octanol–water partition coefficient (Wildman–Crippen LogP) is 8.32. The molecular weight excluding hydrogens is 1070 g/mol. The van der Waals surface area contributed by atoms with Crippen LogP contribution in [0.15, 0.2) is 131 Å². The van der Waals surface area contributed by atoms with Gasteiger partial charge in [0, 0.05) is 74.3 Å². The highest BCUT2D eigenvalue weighted by Gasteiger charge is 2.40. The van der Waals surface area contributed by atoms with Gasteiger partial charge in [0.05, 0.1) is 10.6 Å². The molecule has 0 aromatic heterocycles. The first-order valence-corrected chi connectivity index (χ1v) is 30.0. The molecule has 0 saturated carbocycles. The maximum atomic E-state index is 13.8. The maximum Gasteiger partial charge on any atom is 0.407 e. The minimum atomic E-state index is -3.85. The Kier molecular flexibility index (Phi) is 18.8. The van der Waals surface area contributed by atoms with E-state index >= 15 is 0 Å². The van der Waals surface area contributed by atoms with Gasteiger partial charge in [-0.25, -0.2) is 23.0 Å². The Bertz CT molecular complexity index is 3380. The highest BCUT2D eigenvalue weighted by atomic mass is 32.2. The molecule has 0 spiro atoms. The molecular formula is C63H73N9O10S. The number of rotatable bonds is 21. The molecule has 1 aliphatic carbocycles. The van der Waals surface area contributed by atoms with Crippen LogP contribution in [-0.4, -0.2) is 128 Å². The van der Waals surface area contributed by atoms with E-state index in [2.05, 4.69) is 26.3 Å². The predicted molar refractivity (Wildman–Crippen MR) is 318 cm³/mol. The summed E-state index contributed by atoms with van der Waals surface area (Å²) in [5.74, 6) is -1.70. The molecule has 0 bridgehead atoms. The average Bonchev–Trinajstić information content (AvgIpc) is 4.31. The van der Waals surface area contributed by atoms with Crippen LogP contribution >= 0.6 is 0 Å². The van der Waals surface area contributed by atoms with Crippen molar-refractivity contribution in [1.29, 1.82) is 0 Å². The van der Waals surface area contributed by atoms with Crippen LogP contribution in [-0.2, 0) is 45.3 Å². The molecule has 2 saturated heterocycles. The number of nitrogens with one attached hydrogen (secondary N) is 4. The maximum absolute atomic E-state index is 13.8. The second-order valence-electron chi connectivity index (χ2n) is 22.0. The first kappa shape index (κ1) is 59.3. The second-order valence-corrected chi connectivity index (χ2v) is 23.9. The number of fused-ring (bicyclic) bond motifs is 4. The van der Waals surface area contributed by atoms with Gasteiger partial charge in [0.25, 0.3) is 0 Å². The molecule has 0 radical (unpaired) electrons. The molecule has 4 aliphatic rings. The summed E-state index contributed by atoms with van der Waals surface area (Å²) in [6, 6.07) is 32.2. The van der Waals surface area contributed by atoms with Gasteiger partial charge in [-0.2, -0.15) is 4.31 Å². The number of nitrogens with zero attached hydrogens (tertiary/aromatic N) is 4. The largest absolute Gasteiger partial charge is 0.449 e. The minimum absolute atomic E-state index is 0.0530. The number of anilines is 1. The van der Waals surface area contributed by atoms with Crippen molar-refractivity contribution in [3.63, 3.8) is 0 Å². The molecule has 20 heteroatoms. The van der Waals surface area contributed by atoms with Crippen LogP contribution in [0.3, 0.4) is 0 Å². The van der Waals surface area contributed by atoms with E-state index in [9.17, 15) is 37.2 Å². The van der Waals surface area contributed by atoms with Gasteiger partial charge in [-0.3, -0.25) is 19.2 Å². The van der Waals surface area contributed by atoms with Crippen LogP contribution in [0.5, 0.6) is 0 Å².